The molecule has 0 spiro atoms. The van der Waals surface area contributed by atoms with E-state index in [1.807, 2.05) is 0 Å². The van der Waals surface area contributed by atoms with E-state index in [1.54, 1.807) is 24.3 Å². The van der Waals surface area contributed by atoms with E-state index in [2.05, 4.69) is 16.0 Å². The number of carbonyl (C=O) groups is 3. The Morgan fingerprint density at radius 1 is 1.28 bits per heavy atom. The maximum atomic E-state index is 15.0. The summed E-state index contributed by atoms with van der Waals surface area (Å²) in [6.45, 7) is 0.0795. The summed E-state index contributed by atoms with van der Waals surface area (Å²) in [7, 11) is -4.25. The van der Waals surface area contributed by atoms with E-state index >= 15 is 0 Å². The summed E-state index contributed by atoms with van der Waals surface area (Å²) >= 11 is 5.97. The number of piperidine rings is 2. The van der Waals surface area contributed by atoms with Gasteiger partial charge in [-0.25, -0.2) is 17.2 Å². The smallest absolute Gasteiger partial charge is 0.255 e. The molecule has 3 aliphatic heterocycles. The molecule has 3 heterocycles. The second-order valence-corrected chi connectivity index (χ2v) is 12.7. The molecule has 39 heavy (non-hydrogen) atoms. The maximum absolute atomic E-state index is 15.0. The number of anilines is 1. The van der Waals surface area contributed by atoms with Gasteiger partial charge in [0, 0.05) is 41.9 Å². The van der Waals surface area contributed by atoms with E-state index in [9.17, 15) is 36.0 Å². The summed E-state index contributed by atoms with van der Waals surface area (Å²) in [6, 6.07) is 2.84. The van der Waals surface area contributed by atoms with E-state index in [0.717, 1.165) is 4.90 Å². The van der Waals surface area contributed by atoms with Crippen molar-refractivity contribution < 1.29 is 36.0 Å². The lowest BCUT2D eigenvalue weighted by molar-refractivity contribution is -0.193. The highest BCUT2D eigenvalue weighted by atomic mass is 35.5. The van der Waals surface area contributed by atoms with Crippen LogP contribution in [0, 0.1) is 11.8 Å². The predicted octanol–water partition coefficient (Wildman–Crippen LogP) is 2.63. The van der Waals surface area contributed by atoms with E-state index in [0.29, 0.717) is 42.4 Å². The molecule has 1 aliphatic carbocycles. The van der Waals surface area contributed by atoms with Gasteiger partial charge in [-0.2, -0.15) is 4.39 Å². The van der Waals surface area contributed by atoms with Crippen LogP contribution in [-0.2, 0) is 24.2 Å². The normalized spacial score (nSPS) is 27.2. The molecular formula is C25H30ClF3N4O5S. The average molecular weight is 591 g/mol. The third kappa shape index (κ3) is 6.68. The molecule has 14 heteroatoms. The summed E-state index contributed by atoms with van der Waals surface area (Å²) in [4.78, 5) is 40.1. The Labute approximate surface area is 229 Å². The van der Waals surface area contributed by atoms with Crippen LogP contribution in [0.3, 0.4) is 0 Å². The van der Waals surface area contributed by atoms with Crippen molar-refractivity contribution in [3.63, 3.8) is 0 Å². The topological polar surface area (TPSA) is 125 Å². The molecule has 214 valence electrons. The van der Waals surface area contributed by atoms with Crippen molar-refractivity contribution in [2.24, 2.45) is 11.8 Å². The van der Waals surface area contributed by atoms with E-state index in [1.165, 1.54) is 0 Å². The number of alkyl halides is 2. The average Bonchev–Trinajstić information content (AvgIpc) is 3.25. The van der Waals surface area contributed by atoms with Crippen LogP contribution in [0.15, 0.2) is 35.5 Å². The third-order valence-electron chi connectivity index (χ3n) is 7.48. The van der Waals surface area contributed by atoms with Gasteiger partial charge in [0.2, 0.25) is 32.7 Å². The van der Waals surface area contributed by atoms with Crippen LogP contribution >= 0.6 is 11.6 Å². The number of nitrogens with one attached hydrogen (secondary N) is 3. The summed E-state index contributed by atoms with van der Waals surface area (Å²) in [5, 5.41) is 6.88. The van der Waals surface area contributed by atoms with Gasteiger partial charge >= 0.3 is 0 Å². The molecule has 4 aliphatic rings. The molecule has 0 aromatic heterocycles. The quantitative estimate of drug-likeness (QED) is 0.406. The van der Waals surface area contributed by atoms with Crippen LogP contribution < -0.4 is 16.0 Å². The van der Waals surface area contributed by atoms with Crippen molar-refractivity contribution in [2.45, 2.75) is 56.2 Å². The SMILES string of the molecule is CS(=O)(=O)/C(F)=C/[C@@H](C[C@H]1CCNC1=O)NC(=O)[C@@H]1[C@H]2CC[C@H](CC2(F)F)N1C(=O)CNc1cccc(Cl)c1. The minimum absolute atomic E-state index is 0.00446. The van der Waals surface area contributed by atoms with Gasteiger partial charge < -0.3 is 20.9 Å². The van der Waals surface area contributed by atoms with E-state index in [4.69, 9.17) is 11.6 Å². The number of amides is 3. The highest BCUT2D eigenvalue weighted by molar-refractivity contribution is 7.94. The monoisotopic (exact) mass is 590 g/mol. The zero-order chi connectivity index (χ0) is 28.5. The number of carbonyl (C=O) groups excluding carboxylic acids is 3. The first-order valence-corrected chi connectivity index (χ1v) is 14.9. The van der Waals surface area contributed by atoms with Gasteiger partial charge in [0.25, 0.3) is 5.92 Å². The number of benzene rings is 1. The lowest BCUT2D eigenvalue weighted by atomic mass is 9.71. The van der Waals surface area contributed by atoms with Gasteiger partial charge in [0.15, 0.2) is 0 Å². The fraction of sp³-hybridized carbons (Fsp3) is 0.560. The first-order chi connectivity index (χ1) is 18.3. The molecule has 3 saturated heterocycles. The Balaban J connectivity index is 1.58. The second-order valence-electron chi connectivity index (χ2n) is 10.3. The molecule has 1 aromatic rings. The van der Waals surface area contributed by atoms with Gasteiger partial charge in [-0.1, -0.05) is 17.7 Å². The minimum Gasteiger partial charge on any atom is -0.376 e. The van der Waals surface area contributed by atoms with Crippen LogP contribution in [0.2, 0.25) is 5.02 Å². The van der Waals surface area contributed by atoms with Crippen molar-refractivity contribution in [1.82, 2.24) is 15.5 Å². The van der Waals surface area contributed by atoms with Crippen molar-refractivity contribution in [1.29, 1.82) is 0 Å². The Bertz CT molecular complexity index is 1280. The van der Waals surface area contributed by atoms with Gasteiger partial charge in [-0.05, 0) is 50.0 Å². The molecule has 1 aromatic carbocycles. The van der Waals surface area contributed by atoms with E-state index < -0.39 is 69.1 Å². The van der Waals surface area contributed by atoms with Crippen LogP contribution in [-0.4, -0.2) is 74.4 Å². The highest BCUT2D eigenvalue weighted by Crippen LogP contribution is 2.49. The molecule has 2 bridgehead atoms. The van der Waals surface area contributed by atoms with Gasteiger partial charge in [-0.15, -0.1) is 0 Å². The number of sulfone groups is 1. The van der Waals surface area contributed by atoms with Crippen LogP contribution in [0.4, 0.5) is 18.9 Å². The van der Waals surface area contributed by atoms with Crippen LogP contribution in [0.1, 0.15) is 32.1 Å². The highest BCUT2D eigenvalue weighted by Gasteiger charge is 2.60. The first kappa shape index (κ1) is 29.2. The lowest BCUT2D eigenvalue weighted by Gasteiger charge is -2.53. The summed E-state index contributed by atoms with van der Waals surface area (Å²) in [5.41, 5.74) is 0.528. The fourth-order valence-corrected chi connectivity index (χ4v) is 6.23. The molecule has 9 nitrogen and oxygen atoms in total. The minimum atomic E-state index is -4.25. The summed E-state index contributed by atoms with van der Waals surface area (Å²) < 4.78 is 67.7. The number of nitrogens with zero attached hydrogens (tertiary/aromatic N) is 1. The fourth-order valence-electron chi connectivity index (χ4n) is 5.63. The molecule has 4 fully saturated rings. The third-order valence-corrected chi connectivity index (χ3v) is 8.56. The zero-order valence-electron chi connectivity index (χ0n) is 21.1. The van der Waals surface area contributed by atoms with Gasteiger partial charge in [0.1, 0.15) is 6.04 Å². The maximum Gasteiger partial charge on any atom is 0.255 e. The number of fused-ring (bicyclic) bond motifs is 3. The molecule has 1 saturated carbocycles. The summed E-state index contributed by atoms with van der Waals surface area (Å²) in [5.74, 6) is -7.20. The lowest BCUT2D eigenvalue weighted by Crippen LogP contribution is -2.69. The number of rotatable bonds is 9. The Hall–Kier alpha value is -2.80. The largest absolute Gasteiger partial charge is 0.376 e. The van der Waals surface area contributed by atoms with Crippen LogP contribution in [0.25, 0.3) is 0 Å². The number of hydrogen-bond donors (Lipinski definition) is 3. The van der Waals surface area contributed by atoms with Gasteiger partial charge in [-0.3, -0.25) is 14.4 Å². The van der Waals surface area contributed by atoms with Crippen molar-refractivity contribution in [2.75, 3.05) is 24.7 Å². The van der Waals surface area contributed by atoms with Crippen LogP contribution in [0.5, 0.6) is 0 Å². The summed E-state index contributed by atoms with van der Waals surface area (Å²) in [6.07, 6.45) is 1.27. The predicted molar refractivity (Wildman–Crippen MR) is 138 cm³/mol. The molecule has 0 unspecified atom stereocenters. The molecule has 5 atom stereocenters. The molecule has 0 radical (unpaired) electrons. The Kier molecular flexibility index (Phi) is 8.50. The number of halogens is 4. The van der Waals surface area contributed by atoms with Crippen molar-refractivity contribution in [3.8, 4) is 0 Å². The zero-order valence-corrected chi connectivity index (χ0v) is 22.7. The molecule has 3 amide bonds. The Morgan fingerprint density at radius 2 is 2.03 bits per heavy atom. The molecule has 5 rings (SSSR count). The van der Waals surface area contributed by atoms with E-state index in [-0.39, 0.29) is 25.3 Å². The van der Waals surface area contributed by atoms with Crippen molar-refractivity contribution in [3.05, 3.63) is 40.5 Å². The molecule has 3 N–H and O–H groups in total. The first-order valence-electron chi connectivity index (χ1n) is 12.6. The van der Waals surface area contributed by atoms with Crippen molar-refractivity contribution >= 4 is 44.8 Å². The number of hydrogen-bond acceptors (Lipinski definition) is 6. The standard InChI is InChI=1S/C25H30ClF3N4O5S/c1-39(37,38)20(27)11-17(9-14-7-8-30-23(14)35)32-24(36)22-19-6-5-18(12-25(19,28)29)33(22)21(34)13-31-16-4-2-3-15(26)10-16/h2-4,10-11,14,17-19,22,31H,5-9,12-13H2,1H3,(H,30,35)(H,32,36)/b20-11+/t14-,17-,18-,19-,22+/m1/s1. The Morgan fingerprint density at radius 3 is 2.64 bits per heavy atom. The second kappa shape index (κ2) is 11.4. The molecular weight excluding hydrogens is 561 g/mol. The van der Waals surface area contributed by atoms with Gasteiger partial charge in [0.05, 0.1) is 18.5 Å².